The zero-order chi connectivity index (χ0) is 14.4. The summed E-state index contributed by atoms with van der Waals surface area (Å²) in [6.45, 7) is 2.07. The van der Waals surface area contributed by atoms with E-state index in [4.69, 9.17) is 4.74 Å². The number of nitrogens with zero attached hydrogens (tertiary/aromatic N) is 1. The fourth-order valence-electron chi connectivity index (χ4n) is 2.45. The molecule has 1 aromatic heterocycles. The Balaban J connectivity index is 1.83. The molecule has 1 aromatic rings. The summed E-state index contributed by atoms with van der Waals surface area (Å²) in [5.41, 5.74) is 0.254. The van der Waals surface area contributed by atoms with E-state index >= 15 is 0 Å². The summed E-state index contributed by atoms with van der Waals surface area (Å²) in [6.07, 6.45) is 6.56. The monoisotopic (exact) mass is 296 g/mol. The maximum Gasteiger partial charge on any atom is 0.357 e. The Kier molecular flexibility index (Phi) is 5.52. The average Bonchev–Trinajstić information content (AvgIpc) is 2.88. The Morgan fingerprint density at radius 2 is 2.15 bits per heavy atom. The fourth-order valence-corrected chi connectivity index (χ4v) is 3.15. The molecule has 1 fully saturated rings. The third kappa shape index (κ3) is 4.30. The third-order valence-electron chi connectivity index (χ3n) is 3.43. The number of amides is 1. The summed E-state index contributed by atoms with van der Waals surface area (Å²) in [7, 11) is 0. The zero-order valence-electron chi connectivity index (χ0n) is 11.7. The van der Waals surface area contributed by atoms with Gasteiger partial charge in [-0.05, 0) is 25.7 Å². The highest BCUT2D eigenvalue weighted by Crippen LogP contribution is 2.27. The number of ether oxygens (including phenoxy) is 1. The molecule has 1 aliphatic rings. The Morgan fingerprint density at radius 1 is 1.40 bits per heavy atom. The summed E-state index contributed by atoms with van der Waals surface area (Å²) < 4.78 is 4.86. The normalized spacial score (nSPS) is 15.8. The first-order valence-corrected chi connectivity index (χ1v) is 7.99. The smallest absolute Gasteiger partial charge is 0.357 e. The molecule has 1 saturated carbocycles. The second-order valence-electron chi connectivity index (χ2n) is 5.01. The van der Waals surface area contributed by atoms with Gasteiger partial charge in [-0.3, -0.25) is 4.79 Å². The Hall–Kier alpha value is -1.43. The lowest BCUT2D eigenvalue weighted by atomic mass is 9.87. The van der Waals surface area contributed by atoms with Crippen molar-refractivity contribution >= 4 is 28.3 Å². The topological polar surface area (TPSA) is 68.3 Å². The van der Waals surface area contributed by atoms with Crippen LogP contribution in [0.15, 0.2) is 5.38 Å². The van der Waals surface area contributed by atoms with Gasteiger partial charge in [-0.25, -0.2) is 9.78 Å². The molecule has 0 unspecified atom stereocenters. The summed E-state index contributed by atoms with van der Waals surface area (Å²) in [6, 6.07) is 0. The van der Waals surface area contributed by atoms with Gasteiger partial charge in [-0.15, -0.1) is 11.3 Å². The molecular formula is C14H20N2O3S. The Labute approximate surface area is 122 Å². The first kappa shape index (κ1) is 15.0. The maximum absolute atomic E-state index is 11.9. The third-order valence-corrected chi connectivity index (χ3v) is 4.19. The molecule has 1 aliphatic carbocycles. The summed E-state index contributed by atoms with van der Waals surface area (Å²) in [4.78, 5) is 27.5. The molecule has 0 aromatic carbocycles. The number of anilines is 1. The summed E-state index contributed by atoms with van der Waals surface area (Å²) in [5.74, 6) is 0.0337. The van der Waals surface area contributed by atoms with Crippen molar-refractivity contribution in [2.75, 3.05) is 11.9 Å². The van der Waals surface area contributed by atoms with E-state index in [1.54, 1.807) is 12.3 Å². The molecular weight excluding hydrogens is 276 g/mol. The van der Waals surface area contributed by atoms with E-state index in [0.717, 1.165) is 12.8 Å². The van der Waals surface area contributed by atoms with Crippen LogP contribution in [0.3, 0.4) is 0 Å². The van der Waals surface area contributed by atoms with Gasteiger partial charge >= 0.3 is 5.97 Å². The maximum atomic E-state index is 11.9. The molecule has 0 spiro atoms. The fraction of sp³-hybridized carbons (Fsp3) is 0.643. The predicted molar refractivity (Wildman–Crippen MR) is 77.9 cm³/mol. The molecule has 2 rings (SSSR count). The lowest BCUT2D eigenvalue weighted by Crippen LogP contribution is -2.18. The van der Waals surface area contributed by atoms with Crippen LogP contribution in [0, 0.1) is 5.92 Å². The van der Waals surface area contributed by atoms with Gasteiger partial charge in [0.15, 0.2) is 10.8 Å². The van der Waals surface area contributed by atoms with Crippen LogP contribution in [0.2, 0.25) is 0 Å². The predicted octanol–water partition coefficient (Wildman–Crippen LogP) is 3.23. The van der Waals surface area contributed by atoms with Crippen LogP contribution in [0.1, 0.15) is 55.9 Å². The molecule has 5 nitrogen and oxygen atoms in total. The van der Waals surface area contributed by atoms with Crippen molar-refractivity contribution in [3.63, 3.8) is 0 Å². The molecule has 110 valence electrons. The molecule has 0 atom stereocenters. The minimum absolute atomic E-state index is 0.0124. The zero-order valence-corrected chi connectivity index (χ0v) is 12.5. The van der Waals surface area contributed by atoms with Crippen molar-refractivity contribution < 1.29 is 14.3 Å². The van der Waals surface area contributed by atoms with Crippen molar-refractivity contribution in [3.05, 3.63) is 11.1 Å². The first-order chi connectivity index (χ1) is 9.69. The standard InChI is InChI=1S/C14H20N2O3S/c1-2-19-13(18)11-9-20-14(15-11)16-12(17)8-10-6-4-3-5-7-10/h9-10H,2-8H2,1H3,(H,15,16,17). The van der Waals surface area contributed by atoms with Crippen molar-refractivity contribution in [2.45, 2.75) is 45.4 Å². The molecule has 20 heavy (non-hydrogen) atoms. The quantitative estimate of drug-likeness (QED) is 0.847. The number of hydrogen-bond acceptors (Lipinski definition) is 5. The number of rotatable bonds is 5. The van der Waals surface area contributed by atoms with E-state index in [1.165, 1.54) is 30.6 Å². The van der Waals surface area contributed by atoms with Gasteiger partial charge < -0.3 is 10.1 Å². The number of esters is 1. The highest BCUT2D eigenvalue weighted by Gasteiger charge is 2.18. The van der Waals surface area contributed by atoms with Crippen LogP contribution in [-0.4, -0.2) is 23.5 Å². The van der Waals surface area contributed by atoms with Crippen molar-refractivity contribution in [1.29, 1.82) is 0 Å². The minimum Gasteiger partial charge on any atom is -0.461 e. The van der Waals surface area contributed by atoms with E-state index in [2.05, 4.69) is 10.3 Å². The number of hydrogen-bond donors (Lipinski definition) is 1. The van der Waals surface area contributed by atoms with Gasteiger partial charge in [-0.1, -0.05) is 19.3 Å². The molecule has 0 aliphatic heterocycles. The average molecular weight is 296 g/mol. The minimum atomic E-state index is -0.448. The highest BCUT2D eigenvalue weighted by atomic mass is 32.1. The highest BCUT2D eigenvalue weighted by molar-refractivity contribution is 7.14. The van der Waals surface area contributed by atoms with Gasteiger partial charge in [0.2, 0.25) is 5.91 Å². The molecule has 0 bridgehead atoms. The van der Waals surface area contributed by atoms with E-state index in [9.17, 15) is 9.59 Å². The molecule has 0 radical (unpaired) electrons. The Bertz CT molecular complexity index is 467. The number of nitrogens with one attached hydrogen (secondary N) is 1. The van der Waals surface area contributed by atoms with E-state index in [1.807, 2.05) is 0 Å². The van der Waals surface area contributed by atoms with Gasteiger partial charge in [0.05, 0.1) is 6.61 Å². The van der Waals surface area contributed by atoms with Crippen LogP contribution in [0.4, 0.5) is 5.13 Å². The second kappa shape index (κ2) is 7.38. The van der Waals surface area contributed by atoms with Gasteiger partial charge in [0, 0.05) is 11.8 Å². The van der Waals surface area contributed by atoms with Crippen LogP contribution in [0.25, 0.3) is 0 Å². The lowest BCUT2D eigenvalue weighted by molar-refractivity contribution is -0.117. The van der Waals surface area contributed by atoms with Gasteiger partial charge in [0.1, 0.15) is 0 Å². The van der Waals surface area contributed by atoms with Crippen molar-refractivity contribution in [3.8, 4) is 0 Å². The number of thiazole rings is 1. The van der Waals surface area contributed by atoms with E-state index in [-0.39, 0.29) is 11.6 Å². The lowest BCUT2D eigenvalue weighted by Gasteiger charge is -2.20. The van der Waals surface area contributed by atoms with Crippen LogP contribution in [-0.2, 0) is 9.53 Å². The van der Waals surface area contributed by atoms with Crippen LogP contribution < -0.4 is 5.32 Å². The molecule has 1 amide bonds. The SMILES string of the molecule is CCOC(=O)c1csc(NC(=O)CC2CCCCC2)n1. The first-order valence-electron chi connectivity index (χ1n) is 7.11. The van der Waals surface area contributed by atoms with E-state index < -0.39 is 5.97 Å². The molecule has 6 heteroatoms. The summed E-state index contributed by atoms with van der Waals surface area (Å²) in [5, 5.41) is 4.84. The van der Waals surface area contributed by atoms with Crippen molar-refractivity contribution in [2.24, 2.45) is 5.92 Å². The van der Waals surface area contributed by atoms with Crippen LogP contribution in [0.5, 0.6) is 0 Å². The summed E-state index contributed by atoms with van der Waals surface area (Å²) >= 11 is 1.25. The number of carbonyl (C=O) groups excluding carboxylic acids is 2. The van der Waals surface area contributed by atoms with Crippen LogP contribution >= 0.6 is 11.3 Å². The number of aromatic nitrogens is 1. The van der Waals surface area contributed by atoms with Crippen molar-refractivity contribution in [1.82, 2.24) is 4.98 Å². The van der Waals surface area contributed by atoms with E-state index in [0.29, 0.717) is 24.1 Å². The molecule has 1 heterocycles. The number of carbonyl (C=O) groups is 2. The van der Waals surface area contributed by atoms with Gasteiger partial charge in [0.25, 0.3) is 0 Å². The largest absolute Gasteiger partial charge is 0.461 e. The molecule has 0 saturated heterocycles. The Morgan fingerprint density at radius 3 is 2.85 bits per heavy atom. The molecule has 1 N–H and O–H groups in total. The van der Waals surface area contributed by atoms with Gasteiger partial charge in [-0.2, -0.15) is 0 Å². The second-order valence-corrected chi connectivity index (χ2v) is 5.87.